The van der Waals surface area contributed by atoms with Gasteiger partial charge in [-0.2, -0.15) is 0 Å². The Labute approximate surface area is 139 Å². The Kier molecular flexibility index (Phi) is 4.92. The summed E-state index contributed by atoms with van der Waals surface area (Å²) >= 11 is 1.56. The number of hydrogen-bond donors (Lipinski definition) is 2. The van der Waals surface area contributed by atoms with E-state index in [-0.39, 0.29) is 6.03 Å². The molecule has 3 aromatic rings. The first kappa shape index (κ1) is 15.6. The highest BCUT2D eigenvalue weighted by atomic mass is 32.1. The molecule has 0 radical (unpaired) electrons. The Morgan fingerprint density at radius 1 is 1.26 bits per heavy atom. The maximum absolute atomic E-state index is 11.7. The van der Waals surface area contributed by atoms with Crippen LogP contribution in [0.15, 0.2) is 41.9 Å². The second-order valence-corrected chi connectivity index (χ2v) is 6.36. The van der Waals surface area contributed by atoms with Crippen LogP contribution in [0.5, 0.6) is 0 Å². The van der Waals surface area contributed by atoms with Gasteiger partial charge in [0.25, 0.3) is 0 Å². The fourth-order valence-electron chi connectivity index (χ4n) is 2.49. The monoisotopic (exact) mass is 328 g/mol. The van der Waals surface area contributed by atoms with E-state index in [9.17, 15) is 4.79 Å². The Morgan fingerprint density at radius 2 is 2.13 bits per heavy atom. The summed E-state index contributed by atoms with van der Waals surface area (Å²) in [4.78, 5) is 16.1. The normalized spacial score (nSPS) is 10.8. The third kappa shape index (κ3) is 4.10. The summed E-state index contributed by atoms with van der Waals surface area (Å²) in [5, 5.41) is 9.87. The van der Waals surface area contributed by atoms with Crippen LogP contribution in [-0.4, -0.2) is 22.1 Å². The molecule has 0 spiro atoms. The van der Waals surface area contributed by atoms with E-state index in [1.54, 1.807) is 11.3 Å². The molecular weight excluding hydrogens is 308 g/mol. The summed E-state index contributed by atoms with van der Waals surface area (Å²) in [6, 6.07) is 10.3. The van der Waals surface area contributed by atoms with Crippen molar-refractivity contribution in [3.05, 3.63) is 52.6 Å². The summed E-state index contributed by atoms with van der Waals surface area (Å²) in [7, 11) is 0. The number of benzene rings is 1. The van der Waals surface area contributed by atoms with Crippen molar-refractivity contribution in [2.24, 2.45) is 0 Å². The van der Waals surface area contributed by atoms with Crippen LogP contribution in [0.4, 0.5) is 4.79 Å². The molecule has 3 rings (SSSR count). The minimum absolute atomic E-state index is 0.143. The van der Waals surface area contributed by atoms with E-state index in [0.29, 0.717) is 13.1 Å². The smallest absolute Gasteiger partial charge is 0.315 e. The molecule has 2 N–H and O–H groups in total. The van der Waals surface area contributed by atoms with Gasteiger partial charge in [0.1, 0.15) is 5.01 Å². The first-order valence-electron chi connectivity index (χ1n) is 7.69. The van der Waals surface area contributed by atoms with Crippen molar-refractivity contribution < 1.29 is 4.79 Å². The molecule has 2 amide bonds. The van der Waals surface area contributed by atoms with E-state index in [1.807, 2.05) is 24.4 Å². The van der Waals surface area contributed by atoms with E-state index in [2.05, 4.69) is 44.6 Å². The molecule has 0 aliphatic heterocycles. The minimum atomic E-state index is -0.143. The molecule has 23 heavy (non-hydrogen) atoms. The molecule has 0 aliphatic carbocycles. The van der Waals surface area contributed by atoms with Gasteiger partial charge >= 0.3 is 6.03 Å². The van der Waals surface area contributed by atoms with Crippen LogP contribution in [0.1, 0.15) is 17.1 Å². The van der Waals surface area contributed by atoms with Gasteiger partial charge in [-0.25, -0.2) is 9.78 Å². The molecule has 0 saturated heterocycles. The molecule has 0 aliphatic rings. The predicted molar refractivity (Wildman–Crippen MR) is 93.6 cm³/mol. The fraction of sp³-hybridized carbons (Fsp3) is 0.294. The predicted octanol–water partition coefficient (Wildman–Crippen LogP) is 3.30. The standard InChI is InChI=1S/C17H20N4OS/c1-13-12-23-16(20-13)11-19-17(22)18-8-4-9-21-10-7-14-5-2-3-6-15(14)21/h2-3,5-7,10,12H,4,8-9,11H2,1H3,(H2,18,19,22). The molecule has 0 saturated carbocycles. The number of amides is 2. The number of nitrogens with one attached hydrogen (secondary N) is 2. The first-order chi connectivity index (χ1) is 11.2. The molecule has 2 aromatic heterocycles. The number of rotatable bonds is 6. The van der Waals surface area contributed by atoms with Gasteiger partial charge in [-0.05, 0) is 30.9 Å². The quantitative estimate of drug-likeness (QED) is 0.682. The van der Waals surface area contributed by atoms with Gasteiger partial charge in [0, 0.05) is 35.9 Å². The van der Waals surface area contributed by atoms with Gasteiger partial charge in [0.05, 0.1) is 6.54 Å². The minimum Gasteiger partial charge on any atom is -0.347 e. The molecule has 1 aromatic carbocycles. The summed E-state index contributed by atoms with van der Waals surface area (Å²) in [5.74, 6) is 0. The Bertz CT molecular complexity index is 793. The highest BCUT2D eigenvalue weighted by molar-refractivity contribution is 7.09. The van der Waals surface area contributed by atoms with Crippen LogP contribution < -0.4 is 10.6 Å². The van der Waals surface area contributed by atoms with E-state index in [0.717, 1.165) is 23.7 Å². The molecule has 5 nitrogen and oxygen atoms in total. The SMILES string of the molecule is Cc1csc(CNC(=O)NCCCn2ccc3ccccc32)n1. The highest BCUT2D eigenvalue weighted by Gasteiger charge is 2.03. The lowest BCUT2D eigenvalue weighted by atomic mass is 10.2. The summed E-state index contributed by atoms with van der Waals surface area (Å²) in [5.41, 5.74) is 2.22. The molecule has 0 unspecified atom stereocenters. The summed E-state index contributed by atoms with van der Waals surface area (Å²) in [6.45, 7) is 3.96. The molecule has 120 valence electrons. The van der Waals surface area contributed by atoms with E-state index >= 15 is 0 Å². The first-order valence-corrected chi connectivity index (χ1v) is 8.57. The number of nitrogens with zero attached hydrogens (tertiary/aromatic N) is 2. The van der Waals surface area contributed by atoms with Crippen LogP contribution in [0.25, 0.3) is 10.9 Å². The Hall–Kier alpha value is -2.34. The van der Waals surface area contributed by atoms with Crippen LogP contribution in [0.2, 0.25) is 0 Å². The third-order valence-electron chi connectivity index (χ3n) is 3.61. The van der Waals surface area contributed by atoms with Crippen molar-refractivity contribution >= 4 is 28.3 Å². The van der Waals surface area contributed by atoms with Crippen LogP contribution in [-0.2, 0) is 13.1 Å². The zero-order valence-corrected chi connectivity index (χ0v) is 13.9. The van der Waals surface area contributed by atoms with E-state index in [4.69, 9.17) is 0 Å². The molecule has 0 bridgehead atoms. The van der Waals surface area contributed by atoms with E-state index in [1.165, 1.54) is 10.9 Å². The van der Waals surface area contributed by atoms with Crippen molar-refractivity contribution in [3.63, 3.8) is 0 Å². The van der Waals surface area contributed by atoms with Crippen molar-refractivity contribution in [3.8, 4) is 0 Å². The number of carbonyl (C=O) groups excluding carboxylic acids is 1. The van der Waals surface area contributed by atoms with Crippen molar-refractivity contribution in [1.29, 1.82) is 0 Å². The maximum atomic E-state index is 11.7. The van der Waals surface area contributed by atoms with Crippen molar-refractivity contribution in [1.82, 2.24) is 20.2 Å². The zero-order valence-electron chi connectivity index (χ0n) is 13.1. The number of fused-ring (bicyclic) bond motifs is 1. The number of aryl methyl sites for hydroxylation is 2. The number of urea groups is 1. The third-order valence-corrected chi connectivity index (χ3v) is 4.57. The van der Waals surface area contributed by atoms with E-state index < -0.39 is 0 Å². The average Bonchev–Trinajstić information content (AvgIpc) is 3.16. The maximum Gasteiger partial charge on any atom is 0.315 e. The topological polar surface area (TPSA) is 59.0 Å². The second kappa shape index (κ2) is 7.28. The Morgan fingerprint density at radius 3 is 2.96 bits per heavy atom. The lowest BCUT2D eigenvalue weighted by Crippen LogP contribution is -2.35. The number of carbonyl (C=O) groups is 1. The van der Waals surface area contributed by atoms with Gasteiger partial charge in [0.15, 0.2) is 0 Å². The van der Waals surface area contributed by atoms with Gasteiger partial charge in [0.2, 0.25) is 0 Å². The number of thiazole rings is 1. The number of para-hydroxylation sites is 1. The fourth-order valence-corrected chi connectivity index (χ4v) is 3.20. The number of hydrogen-bond acceptors (Lipinski definition) is 3. The molecule has 0 fully saturated rings. The summed E-state index contributed by atoms with van der Waals surface area (Å²) in [6.07, 6.45) is 2.98. The molecule has 2 heterocycles. The van der Waals surface area contributed by atoms with Crippen LogP contribution >= 0.6 is 11.3 Å². The lowest BCUT2D eigenvalue weighted by Gasteiger charge is -2.08. The highest BCUT2D eigenvalue weighted by Crippen LogP contribution is 2.15. The van der Waals surface area contributed by atoms with Gasteiger partial charge in [-0.15, -0.1) is 11.3 Å². The molecule has 6 heteroatoms. The van der Waals surface area contributed by atoms with Crippen molar-refractivity contribution in [2.45, 2.75) is 26.4 Å². The van der Waals surface area contributed by atoms with Crippen LogP contribution in [0, 0.1) is 6.92 Å². The van der Waals surface area contributed by atoms with Crippen LogP contribution in [0.3, 0.4) is 0 Å². The molecule has 0 atom stereocenters. The molecular formula is C17H20N4OS. The average molecular weight is 328 g/mol. The Balaban J connectivity index is 1.38. The summed E-state index contributed by atoms with van der Waals surface area (Å²) < 4.78 is 2.22. The van der Waals surface area contributed by atoms with Crippen molar-refractivity contribution in [2.75, 3.05) is 6.54 Å². The zero-order chi connectivity index (χ0) is 16.1. The largest absolute Gasteiger partial charge is 0.347 e. The van der Waals surface area contributed by atoms with Gasteiger partial charge in [-0.1, -0.05) is 18.2 Å². The lowest BCUT2D eigenvalue weighted by molar-refractivity contribution is 0.240. The second-order valence-electron chi connectivity index (χ2n) is 5.41. The van der Waals surface area contributed by atoms with Gasteiger partial charge < -0.3 is 15.2 Å². The number of aromatic nitrogens is 2. The van der Waals surface area contributed by atoms with Gasteiger partial charge in [-0.3, -0.25) is 0 Å².